The quantitative estimate of drug-likeness (QED) is 0.686. The molecule has 0 spiro atoms. The topological polar surface area (TPSA) is 66.5 Å². The van der Waals surface area contributed by atoms with Crippen LogP contribution in [0.15, 0.2) is 36.4 Å². The average molecular weight is 319 g/mol. The lowest BCUT2D eigenvalue weighted by Gasteiger charge is -2.14. The Labute approximate surface area is 132 Å². The van der Waals surface area contributed by atoms with E-state index in [0.717, 1.165) is 4.90 Å². The standard InChI is InChI=1S/C16H15ClN2O3/c17-10-4-3-5-11(8-10)18-14(20)9-19-15(21)12-6-1-2-7-13(12)16(19)22/h1-5,8,12-13H,6-7,9H2,(H,18,20)/t12-,13-/m1/s1. The van der Waals surface area contributed by atoms with E-state index in [0.29, 0.717) is 23.6 Å². The number of imide groups is 1. The lowest BCUT2D eigenvalue weighted by atomic mass is 9.85. The molecule has 114 valence electrons. The van der Waals surface area contributed by atoms with Gasteiger partial charge in [0.25, 0.3) is 0 Å². The van der Waals surface area contributed by atoms with E-state index in [1.807, 2.05) is 12.2 Å². The number of likely N-dealkylation sites (tertiary alicyclic amines) is 1. The number of amides is 3. The molecule has 0 aromatic heterocycles. The largest absolute Gasteiger partial charge is 0.324 e. The summed E-state index contributed by atoms with van der Waals surface area (Å²) in [5.41, 5.74) is 0.538. The van der Waals surface area contributed by atoms with E-state index >= 15 is 0 Å². The Morgan fingerprint density at radius 3 is 2.41 bits per heavy atom. The van der Waals surface area contributed by atoms with Gasteiger partial charge in [-0.15, -0.1) is 0 Å². The van der Waals surface area contributed by atoms with Gasteiger partial charge in [0.15, 0.2) is 0 Å². The normalized spacial score (nSPS) is 23.6. The van der Waals surface area contributed by atoms with E-state index in [9.17, 15) is 14.4 Å². The highest BCUT2D eigenvalue weighted by atomic mass is 35.5. The molecule has 1 N–H and O–H groups in total. The first-order valence-corrected chi connectivity index (χ1v) is 7.49. The van der Waals surface area contributed by atoms with Crippen LogP contribution in [-0.4, -0.2) is 29.2 Å². The Hall–Kier alpha value is -2.14. The monoisotopic (exact) mass is 318 g/mol. The maximum absolute atomic E-state index is 12.3. The molecule has 0 bridgehead atoms. The molecule has 1 aromatic carbocycles. The molecule has 1 aliphatic heterocycles. The van der Waals surface area contributed by atoms with Crippen LogP contribution in [0.4, 0.5) is 5.69 Å². The fourth-order valence-corrected chi connectivity index (χ4v) is 3.13. The number of rotatable bonds is 3. The summed E-state index contributed by atoms with van der Waals surface area (Å²) in [6.45, 7) is -0.253. The van der Waals surface area contributed by atoms with Gasteiger partial charge >= 0.3 is 0 Å². The first-order valence-electron chi connectivity index (χ1n) is 7.12. The number of nitrogens with zero attached hydrogens (tertiary/aromatic N) is 1. The van der Waals surface area contributed by atoms with Gasteiger partial charge in [-0.1, -0.05) is 29.8 Å². The van der Waals surface area contributed by atoms with Gasteiger partial charge in [0.1, 0.15) is 6.54 Å². The minimum absolute atomic E-state index is 0.249. The van der Waals surface area contributed by atoms with Gasteiger partial charge in [-0.3, -0.25) is 19.3 Å². The second kappa shape index (κ2) is 5.93. The Morgan fingerprint density at radius 1 is 1.18 bits per heavy atom. The molecule has 0 unspecified atom stereocenters. The zero-order valence-electron chi connectivity index (χ0n) is 11.8. The van der Waals surface area contributed by atoms with Crippen LogP contribution in [-0.2, 0) is 14.4 Å². The fourth-order valence-electron chi connectivity index (χ4n) is 2.94. The van der Waals surface area contributed by atoms with Crippen molar-refractivity contribution < 1.29 is 14.4 Å². The molecular formula is C16H15ClN2O3. The number of carbonyl (C=O) groups excluding carboxylic acids is 3. The van der Waals surface area contributed by atoms with Crippen LogP contribution >= 0.6 is 11.6 Å². The third kappa shape index (κ3) is 2.76. The maximum atomic E-state index is 12.3. The van der Waals surface area contributed by atoms with Crippen molar-refractivity contribution in [2.75, 3.05) is 11.9 Å². The van der Waals surface area contributed by atoms with Gasteiger partial charge in [0.2, 0.25) is 17.7 Å². The van der Waals surface area contributed by atoms with Gasteiger partial charge < -0.3 is 5.32 Å². The molecule has 1 heterocycles. The first-order chi connectivity index (χ1) is 10.6. The minimum atomic E-state index is -0.407. The number of halogens is 1. The molecule has 5 nitrogen and oxygen atoms in total. The first kappa shape index (κ1) is 14.8. The smallest absolute Gasteiger partial charge is 0.244 e. The van der Waals surface area contributed by atoms with Crippen LogP contribution in [0, 0.1) is 11.8 Å². The van der Waals surface area contributed by atoms with E-state index in [2.05, 4.69) is 5.32 Å². The lowest BCUT2D eigenvalue weighted by Crippen LogP contribution is -2.38. The Kier molecular flexibility index (Phi) is 3.98. The number of hydrogen-bond donors (Lipinski definition) is 1. The number of benzene rings is 1. The second-order valence-electron chi connectivity index (χ2n) is 5.48. The lowest BCUT2D eigenvalue weighted by molar-refractivity contribution is -0.142. The molecule has 3 amide bonds. The summed E-state index contributed by atoms with van der Waals surface area (Å²) in [6, 6.07) is 6.71. The SMILES string of the molecule is O=C(CN1C(=O)[C@@H]2CC=CC[C@H]2C1=O)Nc1cccc(Cl)c1. The van der Waals surface area contributed by atoms with Gasteiger partial charge in [-0.25, -0.2) is 0 Å². The molecule has 1 aromatic rings. The summed E-state index contributed by atoms with van der Waals surface area (Å²) in [7, 11) is 0. The van der Waals surface area contributed by atoms with Crippen LogP contribution < -0.4 is 5.32 Å². The highest BCUT2D eigenvalue weighted by Crippen LogP contribution is 2.34. The average Bonchev–Trinajstić information content (AvgIpc) is 2.73. The van der Waals surface area contributed by atoms with E-state index in [-0.39, 0.29) is 30.2 Å². The van der Waals surface area contributed by atoms with Crippen molar-refractivity contribution in [1.82, 2.24) is 4.90 Å². The molecule has 3 rings (SSSR count). The van der Waals surface area contributed by atoms with E-state index < -0.39 is 5.91 Å². The van der Waals surface area contributed by atoms with Crippen LogP contribution in [0.1, 0.15) is 12.8 Å². The summed E-state index contributed by atoms with van der Waals surface area (Å²) in [5, 5.41) is 3.15. The van der Waals surface area contributed by atoms with Gasteiger partial charge in [0, 0.05) is 10.7 Å². The number of anilines is 1. The maximum Gasteiger partial charge on any atom is 0.244 e. The van der Waals surface area contributed by atoms with Crippen molar-refractivity contribution in [2.24, 2.45) is 11.8 Å². The van der Waals surface area contributed by atoms with Crippen molar-refractivity contribution in [3.8, 4) is 0 Å². The molecule has 2 atom stereocenters. The van der Waals surface area contributed by atoms with Crippen LogP contribution in [0.5, 0.6) is 0 Å². The molecule has 2 aliphatic rings. The van der Waals surface area contributed by atoms with Crippen molar-refractivity contribution in [2.45, 2.75) is 12.8 Å². The van der Waals surface area contributed by atoms with Crippen molar-refractivity contribution in [3.63, 3.8) is 0 Å². The van der Waals surface area contributed by atoms with Crippen molar-refractivity contribution >= 4 is 35.0 Å². The third-order valence-corrected chi connectivity index (χ3v) is 4.24. The van der Waals surface area contributed by atoms with Crippen LogP contribution in [0.2, 0.25) is 5.02 Å². The summed E-state index contributed by atoms with van der Waals surface area (Å²) >= 11 is 5.85. The van der Waals surface area contributed by atoms with Crippen molar-refractivity contribution in [3.05, 3.63) is 41.4 Å². The van der Waals surface area contributed by atoms with Gasteiger partial charge in [-0.2, -0.15) is 0 Å². The summed E-state index contributed by atoms with van der Waals surface area (Å²) in [5.74, 6) is -1.52. The Balaban J connectivity index is 1.67. The number of carbonyl (C=O) groups is 3. The third-order valence-electron chi connectivity index (χ3n) is 4.01. The van der Waals surface area contributed by atoms with Crippen LogP contribution in [0.25, 0.3) is 0 Å². The summed E-state index contributed by atoms with van der Waals surface area (Å²) < 4.78 is 0. The number of allylic oxidation sites excluding steroid dienone is 2. The van der Waals surface area contributed by atoms with Crippen molar-refractivity contribution in [1.29, 1.82) is 0 Å². The molecule has 1 fully saturated rings. The predicted molar refractivity (Wildman–Crippen MR) is 82.2 cm³/mol. The molecule has 22 heavy (non-hydrogen) atoms. The number of fused-ring (bicyclic) bond motifs is 1. The number of hydrogen-bond acceptors (Lipinski definition) is 3. The van der Waals surface area contributed by atoms with E-state index in [1.165, 1.54) is 0 Å². The Morgan fingerprint density at radius 2 is 1.82 bits per heavy atom. The Bertz CT molecular complexity index is 645. The van der Waals surface area contributed by atoms with E-state index in [4.69, 9.17) is 11.6 Å². The summed E-state index contributed by atoms with van der Waals surface area (Å²) in [4.78, 5) is 37.7. The number of nitrogens with one attached hydrogen (secondary N) is 1. The summed E-state index contributed by atoms with van der Waals surface area (Å²) in [6.07, 6.45) is 4.98. The highest BCUT2D eigenvalue weighted by Gasteiger charge is 2.47. The fraction of sp³-hybridized carbons (Fsp3) is 0.312. The molecular weight excluding hydrogens is 304 g/mol. The molecule has 1 saturated heterocycles. The van der Waals surface area contributed by atoms with Gasteiger partial charge in [0.05, 0.1) is 11.8 Å². The predicted octanol–water partition coefficient (Wildman–Crippen LogP) is 2.23. The minimum Gasteiger partial charge on any atom is -0.324 e. The molecule has 1 aliphatic carbocycles. The second-order valence-corrected chi connectivity index (χ2v) is 5.91. The van der Waals surface area contributed by atoms with E-state index in [1.54, 1.807) is 24.3 Å². The molecule has 0 saturated carbocycles. The molecule has 0 radical (unpaired) electrons. The molecule has 6 heteroatoms. The zero-order valence-corrected chi connectivity index (χ0v) is 12.5. The highest BCUT2D eigenvalue weighted by molar-refractivity contribution is 6.30. The zero-order chi connectivity index (χ0) is 15.7. The van der Waals surface area contributed by atoms with Gasteiger partial charge in [-0.05, 0) is 31.0 Å². The van der Waals surface area contributed by atoms with Crippen LogP contribution in [0.3, 0.4) is 0 Å².